The Labute approximate surface area is 112 Å². The summed E-state index contributed by atoms with van der Waals surface area (Å²) in [5.74, 6) is -0.119. The van der Waals surface area contributed by atoms with Gasteiger partial charge in [-0.3, -0.25) is 4.79 Å². The van der Waals surface area contributed by atoms with Crippen LogP contribution in [0.15, 0.2) is 18.2 Å². The molecule has 98 valence electrons. The summed E-state index contributed by atoms with van der Waals surface area (Å²) in [5, 5.41) is 12.6. The minimum absolute atomic E-state index is 0.0824. The van der Waals surface area contributed by atoms with E-state index in [1.165, 1.54) is 4.88 Å². The number of aryl methyl sites for hydroxylation is 1. The van der Waals surface area contributed by atoms with Crippen molar-refractivity contribution >= 4 is 23.3 Å². The summed E-state index contributed by atoms with van der Waals surface area (Å²) in [6.45, 7) is 2.04. The number of thiophene rings is 1. The van der Waals surface area contributed by atoms with Gasteiger partial charge in [-0.05, 0) is 38.0 Å². The predicted octanol–water partition coefficient (Wildman–Crippen LogP) is 2.49. The van der Waals surface area contributed by atoms with E-state index in [-0.39, 0.29) is 18.1 Å². The largest absolute Gasteiger partial charge is 0.391 e. The van der Waals surface area contributed by atoms with Crippen molar-refractivity contribution in [1.82, 2.24) is 5.32 Å². The van der Waals surface area contributed by atoms with Crippen molar-refractivity contribution in [3.05, 3.63) is 28.0 Å². The second-order valence-corrected chi connectivity index (χ2v) is 6.07. The van der Waals surface area contributed by atoms with Crippen molar-refractivity contribution in [3.8, 4) is 0 Å². The van der Waals surface area contributed by atoms with Gasteiger partial charge in [0.25, 0.3) is 0 Å². The number of rotatable bonds is 3. The zero-order valence-corrected chi connectivity index (χ0v) is 11.4. The fraction of sp³-hybridized carbons (Fsp3) is 0.500. The fourth-order valence-corrected chi connectivity index (χ4v) is 2.99. The molecule has 4 heteroatoms. The Morgan fingerprint density at radius 3 is 2.89 bits per heavy atom. The first kappa shape index (κ1) is 13.3. The van der Waals surface area contributed by atoms with Crippen molar-refractivity contribution in [2.45, 2.75) is 44.8 Å². The quantitative estimate of drug-likeness (QED) is 0.825. The van der Waals surface area contributed by atoms with Gasteiger partial charge in [-0.2, -0.15) is 0 Å². The molecule has 1 aromatic heterocycles. The van der Waals surface area contributed by atoms with Crippen molar-refractivity contribution in [2.75, 3.05) is 0 Å². The Hall–Kier alpha value is -1.13. The van der Waals surface area contributed by atoms with Crippen molar-refractivity contribution in [2.24, 2.45) is 0 Å². The topological polar surface area (TPSA) is 49.3 Å². The molecule has 1 fully saturated rings. The lowest BCUT2D eigenvalue weighted by Gasteiger charge is -2.27. The van der Waals surface area contributed by atoms with Gasteiger partial charge in [-0.25, -0.2) is 0 Å². The third-order valence-electron chi connectivity index (χ3n) is 3.22. The molecule has 0 spiro atoms. The fourth-order valence-electron chi connectivity index (χ4n) is 2.21. The van der Waals surface area contributed by atoms with E-state index < -0.39 is 0 Å². The van der Waals surface area contributed by atoms with Crippen LogP contribution in [-0.2, 0) is 4.79 Å². The summed E-state index contributed by atoms with van der Waals surface area (Å²) in [7, 11) is 0. The Morgan fingerprint density at radius 1 is 1.44 bits per heavy atom. The molecule has 1 aliphatic carbocycles. The van der Waals surface area contributed by atoms with E-state index in [0.29, 0.717) is 0 Å². The van der Waals surface area contributed by atoms with Crippen LogP contribution in [0.5, 0.6) is 0 Å². The summed E-state index contributed by atoms with van der Waals surface area (Å²) in [6.07, 6.45) is 6.78. The van der Waals surface area contributed by atoms with E-state index in [9.17, 15) is 9.90 Å². The molecule has 2 rings (SSSR count). The Bertz CT molecular complexity index is 439. The number of carbonyl (C=O) groups excluding carboxylic acids is 1. The lowest BCUT2D eigenvalue weighted by atomic mass is 9.92. The second kappa shape index (κ2) is 6.16. The molecule has 2 atom stereocenters. The minimum Gasteiger partial charge on any atom is -0.391 e. The highest BCUT2D eigenvalue weighted by atomic mass is 32.1. The average molecular weight is 265 g/mol. The molecule has 2 N–H and O–H groups in total. The molecular weight excluding hydrogens is 246 g/mol. The zero-order chi connectivity index (χ0) is 13.0. The normalized spacial score (nSPS) is 24.3. The van der Waals surface area contributed by atoms with Gasteiger partial charge in [0, 0.05) is 15.8 Å². The number of hydrogen-bond acceptors (Lipinski definition) is 3. The average Bonchev–Trinajstić information content (AvgIpc) is 2.76. The maximum Gasteiger partial charge on any atom is 0.244 e. The molecule has 18 heavy (non-hydrogen) atoms. The first-order valence-electron chi connectivity index (χ1n) is 6.38. The molecule has 1 aliphatic rings. The number of carbonyl (C=O) groups is 1. The van der Waals surface area contributed by atoms with Gasteiger partial charge in [-0.15, -0.1) is 11.3 Å². The zero-order valence-electron chi connectivity index (χ0n) is 10.6. The summed E-state index contributed by atoms with van der Waals surface area (Å²) >= 11 is 1.66. The SMILES string of the molecule is Cc1ccc(C=CC(=O)NC2CCCCC2O)s1. The molecule has 0 aliphatic heterocycles. The highest BCUT2D eigenvalue weighted by Crippen LogP contribution is 2.19. The van der Waals surface area contributed by atoms with Crippen LogP contribution in [0.2, 0.25) is 0 Å². The van der Waals surface area contributed by atoms with Crippen LogP contribution in [0.25, 0.3) is 6.08 Å². The summed E-state index contributed by atoms with van der Waals surface area (Å²) < 4.78 is 0. The Balaban J connectivity index is 1.86. The van der Waals surface area contributed by atoms with Gasteiger partial charge in [0.2, 0.25) is 5.91 Å². The molecule has 2 unspecified atom stereocenters. The van der Waals surface area contributed by atoms with E-state index >= 15 is 0 Å². The lowest BCUT2D eigenvalue weighted by molar-refractivity contribution is -0.118. The maximum absolute atomic E-state index is 11.7. The van der Waals surface area contributed by atoms with Gasteiger partial charge in [0.15, 0.2) is 0 Å². The highest BCUT2D eigenvalue weighted by molar-refractivity contribution is 7.12. The molecule has 0 radical (unpaired) electrons. The number of aliphatic hydroxyl groups excluding tert-OH is 1. The molecule has 1 aromatic rings. The molecule has 1 heterocycles. The van der Waals surface area contributed by atoms with Crippen molar-refractivity contribution in [1.29, 1.82) is 0 Å². The van der Waals surface area contributed by atoms with Gasteiger partial charge in [0.05, 0.1) is 12.1 Å². The van der Waals surface area contributed by atoms with E-state index in [2.05, 4.69) is 5.32 Å². The predicted molar refractivity (Wildman–Crippen MR) is 74.5 cm³/mol. The smallest absolute Gasteiger partial charge is 0.244 e. The number of hydrogen-bond donors (Lipinski definition) is 2. The van der Waals surface area contributed by atoms with Crippen LogP contribution in [-0.4, -0.2) is 23.2 Å². The Kier molecular flexibility index (Phi) is 4.55. The summed E-state index contributed by atoms with van der Waals surface area (Å²) in [5.41, 5.74) is 0. The van der Waals surface area contributed by atoms with Gasteiger partial charge < -0.3 is 10.4 Å². The molecule has 1 amide bonds. The third kappa shape index (κ3) is 3.68. The van der Waals surface area contributed by atoms with Crippen LogP contribution in [0, 0.1) is 6.92 Å². The van der Waals surface area contributed by atoms with E-state index in [4.69, 9.17) is 0 Å². The van der Waals surface area contributed by atoms with Crippen LogP contribution < -0.4 is 5.32 Å². The van der Waals surface area contributed by atoms with Gasteiger partial charge >= 0.3 is 0 Å². The van der Waals surface area contributed by atoms with E-state index in [0.717, 1.165) is 30.6 Å². The molecule has 1 saturated carbocycles. The highest BCUT2D eigenvalue weighted by Gasteiger charge is 2.23. The molecule has 0 bridgehead atoms. The molecular formula is C14H19NO2S. The summed E-state index contributed by atoms with van der Waals surface area (Å²) in [4.78, 5) is 14.0. The minimum atomic E-state index is -0.389. The van der Waals surface area contributed by atoms with Crippen molar-refractivity contribution < 1.29 is 9.90 Å². The van der Waals surface area contributed by atoms with Crippen LogP contribution in [0.3, 0.4) is 0 Å². The monoisotopic (exact) mass is 265 g/mol. The van der Waals surface area contributed by atoms with Crippen LogP contribution in [0.4, 0.5) is 0 Å². The maximum atomic E-state index is 11.7. The number of nitrogens with one attached hydrogen (secondary N) is 1. The third-order valence-corrected chi connectivity index (χ3v) is 4.18. The Morgan fingerprint density at radius 2 is 2.22 bits per heavy atom. The van der Waals surface area contributed by atoms with Gasteiger partial charge in [-0.1, -0.05) is 12.8 Å². The first-order chi connectivity index (χ1) is 8.65. The number of aliphatic hydroxyl groups is 1. The van der Waals surface area contributed by atoms with E-state index in [1.54, 1.807) is 17.4 Å². The summed E-state index contributed by atoms with van der Waals surface area (Å²) in [6, 6.07) is 3.95. The van der Waals surface area contributed by atoms with Gasteiger partial charge in [0.1, 0.15) is 0 Å². The molecule has 0 saturated heterocycles. The van der Waals surface area contributed by atoms with Crippen LogP contribution in [0.1, 0.15) is 35.4 Å². The number of amides is 1. The molecule has 0 aromatic carbocycles. The lowest BCUT2D eigenvalue weighted by Crippen LogP contribution is -2.44. The second-order valence-electron chi connectivity index (χ2n) is 4.75. The van der Waals surface area contributed by atoms with E-state index in [1.807, 2.05) is 25.1 Å². The first-order valence-corrected chi connectivity index (χ1v) is 7.20. The standard InChI is InChI=1S/C14H19NO2S/c1-10-6-7-11(18-10)8-9-14(17)15-12-4-2-3-5-13(12)16/h6-9,12-13,16H,2-5H2,1H3,(H,15,17). The van der Waals surface area contributed by atoms with Crippen molar-refractivity contribution in [3.63, 3.8) is 0 Å². The molecule has 3 nitrogen and oxygen atoms in total. The van der Waals surface area contributed by atoms with Crippen LogP contribution >= 0.6 is 11.3 Å².